The van der Waals surface area contributed by atoms with Gasteiger partial charge in [0.1, 0.15) is 0 Å². The largest absolute Gasteiger partial charge is 0.481 e. The molecule has 1 aliphatic heterocycles. The van der Waals surface area contributed by atoms with E-state index in [1.54, 1.807) is 12.1 Å². The van der Waals surface area contributed by atoms with Crippen LogP contribution in [0.3, 0.4) is 0 Å². The van der Waals surface area contributed by atoms with Gasteiger partial charge in [-0.05, 0) is 37.0 Å². The minimum absolute atomic E-state index is 0.0316. The fourth-order valence-electron chi connectivity index (χ4n) is 2.79. The van der Waals surface area contributed by atoms with E-state index in [2.05, 4.69) is 10.6 Å². The number of fused-ring (bicyclic) bond motifs is 1. The quantitative estimate of drug-likeness (QED) is 0.787. The van der Waals surface area contributed by atoms with E-state index in [9.17, 15) is 14.4 Å². The fraction of sp³-hybridized carbons (Fsp3) is 0.400. The second kappa shape index (κ2) is 5.20. The molecule has 110 valence electrons. The number of carboxylic acids is 1. The van der Waals surface area contributed by atoms with E-state index in [4.69, 9.17) is 5.11 Å². The Bertz CT molecular complexity index is 626. The number of aliphatic carboxylic acids is 1. The highest BCUT2D eigenvalue weighted by atomic mass is 16.4. The second-order valence-electron chi connectivity index (χ2n) is 5.54. The van der Waals surface area contributed by atoms with Gasteiger partial charge in [0.2, 0.25) is 11.8 Å². The van der Waals surface area contributed by atoms with E-state index in [0.717, 1.165) is 5.56 Å². The summed E-state index contributed by atoms with van der Waals surface area (Å²) < 4.78 is 0. The minimum Gasteiger partial charge on any atom is -0.481 e. The van der Waals surface area contributed by atoms with Crippen molar-refractivity contribution < 1.29 is 19.5 Å². The number of carbonyl (C=O) groups excluding carboxylic acids is 2. The summed E-state index contributed by atoms with van der Waals surface area (Å²) in [5.41, 5.74) is 2.34. The van der Waals surface area contributed by atoms with E-state index in [0.29, 0.717) is 37.1 Å². The van der Waals surface area contributed by atoms with Crippen molar-refractivity contribution in [1.82, 2.24) is 0 Å². The summed E-state index contributed by atoms with van der Waals surface area (Å²) in [4.78, 5) is 34.4. The number of carboxylic acid groups (broad SMARTS) is 1. The van der Waals surface area contributed by atoms with Crippen LogP contribution < -0.4 is 10.6 Å². The van der Waals surface area contributed by atoms with E-state index < -0.39 is 17.8 Å². The molecule has 1 aromatic carbocycles. The van der Waals surface area contributed by atoms with Gasteiger partial charge >= 0.3 is 5.97 Å². The summed E-state index contributed by atoms with van der Waals surface area (Å²) in [6.07, 6.45) is 2.32. The molecule has 0 aromatic heterocycles. The SMILES string of the molecule is O=C1CCc2ccc(NC(=O)C3CCC3C(=O)O)cc2N1. The number of amides is 2. The lowest BCUT2D eigenvalue weighted by molar-refractivity contribution is -0.151. The smallest absolute Gasteiger partial charge is 0.307 e. The van der Waals surface area contributed by atoms with Crippen LogP contribution in [0.2, 0.25) is 0 Å². The Morgan fingerprint density at radius 1 is 1.19 bits per heavy atom. The van der Waals surface area contributed by atoms with Gasteiger partial charge in [-0.25, -0.2) is 0 Å². The molecule has 1 saturated carbocycles. The summed E-state index contributed by atoms with van der Waals surface area (Å²) in [5, 5.41) is 14.5. The van der Waals surface area contributed by atoms with Crippen LogP contribution in [0.4, 0.5) is 11.4 Å². The molecule has 3 rings (SSSR count). The van der Waals surface area contributed by atoms with Gasteiger partial charge in [-0.2, -0.15) is 0 Å². The average Bonchev–Trinajstić information content (AvgIpc) is 2.35. The van der Waals surface area contributed by atoms with Gasteiger partial charge < -0.3 is 15.7 Å². The van der Waals surface area contributed by atoms with Gasteiger partial charge in [-0.1, -0.05) is 6.07 Å². The molecule has 1 heterocycles. The van der Waals surface area contributed by atoms with Crippen molar-refractivity contribution in [3.63, 3.8) is 0 Å². The van der Waals surface area contributed by atoms with Crippen LogP contribution in [-0.2, 0) is 20.8 Å². The standard InChI is InChI=1S/C15H16N2O4/c18-13-6-2-8-1-3-9(7-12(8)17-13)16-14(19)10-4-5-11(10)15(20)21/h1,3,7,10-11H,2,4-6H2,(H,16,19)(H,17,18)(H,20,21). The number of benzene rings is 1. The van der Waals surface area contributed by atoms with Gasteiger partial charge in [0.25, 0.3) is 0 Å². The number of hydrogen-bond donors (Lipinski definition) is 3. The molecule has 2 atom stereocenters. The summed E-state index contributed by atoms with van der Waals surface area (Å²) in [7, 11) is 0. The number of carbonyl (C=O) groups is 3. The number of anilines is 2. The maximum atomic E-state index is 12.1. The predicted molar refractivity (Wildman–Crippen MR) is 75.9 cm³/mol. The summed E-state index contributed by atoms with van der Waals surface area (Å²) >= 11 is 0. The molecule has 2 aliphatic rings. The van der Waals surface area contributed by atoms with Crippen LogP contribution in [0.1, 0.15) is 24.8 Å². The molecule has 21 heavy (non-hydrogen) atoms. The van der Waals surface area contributed by atoms with Crippen molar-refractivity contribution in [2.75, 3.05) is 10.6 Å². The van der Waals surface area contributed by atoms with E-state index in [1.165, 1.54) is 0 Å². The topological polar surface area (TPSA) is 95.5 Å². The van der Waals surface area contributed by atoms with Crippen LogP contribution in [0.5, 0.6) is 0 Å². The number of hydrogen-bond acceptors (Lipinski definition) is 3. The van der Waals surface area contributed by atoms with E-state index in [1.807, 2.05) is 6.07 Å². The zero-order valence-corrected chi connectivity index (χ0v) is 11.4. The first-order valence-electron chi connectivity index (χ1n) is 7.01. The second-order valence-corrected chi connectivity index (χ2v) is 5.54. The normalized spacial score (nSPS) is 23.5. The molecule has 1 aromatic rings. The van der Waals surface area contributed by atoms with Crippen molar-refractivity contribution in [2.24, 2.45) is 11.8 Å². The third kappa shape index (κ3) is 2.61. The van der Waals surface area contributed by atoms with Crippen molar-refractivity contribution in [3.8, 4) is 0 Å². The van der Waals surface area contributed by atoms with Gasteiger partial charge in [0, 0.05) is 17.8 Å². The van der Waals surface area contributed by atoms with E-state index >= 15 is 0 Å². The van der Waals surface area contributed by atoms with Crippen molar-refractivity contribution in [1.29, 1.82) is 0 Å². The highest BCUT2D eigenvalue weighted by Crippen LogP contribution is 2.35. The lowest BCUT2D eigenvalue weighted by Gasteiger charge is -2.32. The molecule has 2 amide bonds. The van der Waals surface area contributed by atoms with Crippen LogP contribution in [0, 0.1) is 11.8 Å². The molecule has 0 radical (unpaired) electrons. The van der Waals surface area contributed by atoms with Crippen molar-refractivity contribution >= 4 is 29.2 Å². The molecule has 1 fully saturated rings. The zero-order valence-electron chi connectivity index (χ0n) is 11.4. The average molecular weight is 288 g/mol. The molecular formula is C15H16N2O4. The molecule has 3 N–H and O–H groups in total. The van der Waals surface area contributed by atoms with Crippen molar-refractivity contribution in [3.05, 3.63) is 23.8 Å². The summed E-state index contributed by atoms with van der Waals surface area (Å²) in [6.45, 7) is 0. The molecule has 0 spiro atoms. The zero-order chi connectivity index (χ0) is 15.0. The number of rotatable bonds is 3. The molecule has 6 heteroatoms. The molecule has 2 unspecified atom stereocenters. The first kappa shape index (κ1) is 13.6. The molecule has 6 nitrogen and oxygen atoms in total. The van der Waals surface area contributed by atoms with Crippen LogP contribution >= 0.6 is 0 Å². The Balaban J connectivity index is 1.71. The first-order valence-corrected chi connectivity index (χ1v) is 7.01. The molecule has 0 saturated heterocycles. The maximum absolute atomic E-state index is 12.1. The van der Waals surface area contributed by atoms with Gasteiger partial charge in [0.15, 0.2) is 0 Å². The lowest BCUT2D eigenvalue weighted by atomic mass is 9.73. The molecule has 0 bridgehead atoms. The Morgan fingerprint density at radius 2 is 1.95 bits per heavy atom. The summed E-state index contributed by atoms with van der Waals surface area (Å²) in [6, 6.07) is 5.38. The first-order chi connectivity index (χ1) is 10.0. The predicted octanol–water partition coefficient (Wildman–Crippen LogP) is 1.62. The van der Waals surface area contributed by atoms with Gasteiger partial charge in [-0.15, -0.1) is 0 Å². The highest BCUT2D eigenvalue weighted by molar-refractivity contribution is 5.98. The maximum Gasteiger partial charge on any atom is 0.307 e. The lowest BCUT2D eigenvalue weighted by Crippen LogP contribution is -2.41. The minimum atomic E-state index is -0.917. The van der Waals surface area contributed by atoms with Crippen LogP contribution in [0.25, 0.3) is 0 Å². The molecular weight excluding hydrogens is 272 g/mol. The Labute approximate surface area is 121 Å². The van der Waals surface area contributed by atoms with Gasteiger partial charge in [0.05, 0.1) is 11.8 Å². The Hall–Kier alpha value is -2.37. The monoisotopic (exact) mass is 288 g/mol. The van der Waals surface area contributed by atoms with Gasteiger partial charge in [-0.3, -0.25) is 14.4 Å². The highest BCUT2D eigenvalue weighted by Gasteiger charge is 2.41. The third-order valence-corrected chi connectivity index (χ3v) is 4.20. The van der Waals surface area contributed by atoms with Crippen molar-refractivity contribution in [2.45, 2.75) is 25.7 Å². The van der Waals surface area contributed by atoms with E-state index in [-0.39, 0.29) is 11.8 Å². The Kier molecular flexibility index (Phi) is 3.37. The van der Waals surface area contributed by atoms with Crippen LogP contribution in [-0.4, -0.2) is 22.9 Å². The number of aryl methyl sites for hydroxylation is 1. The Morgan fingerprint density at radius 3 is 2.62 bits per heavy atom. The number of nitrogens with one attached hydrogen (secondary N) is 2. The third-order valence-electron chi connectivity index (χ3n) is 4.20. The summed E-state index contributed by atoms with van der Waals surface area (Å²) in [5.74, 6) is -2.26. The van der Waals surface area contributed by atoms with Crippen LogP contribution in [0.15, 0.2) is 18.2 Å². The fourth-order valence-corrected chi connectivity index (χ4v) is 2.79. The molecule has 1 aliphatic carbocycles.